The predicted octanol–water partition coefficient (Wildman–Crippen LogP) is 3.55. The number of H-pyrrole nitrogens is 1. The molecule has 0 aromatic carbocycles. The molecule has 0 aliphatic heterocycles. The summed E-state index contributed by atoms with van der Waals surface area (Å²) in [5, 5.41) is 4.12. The Hall–Kier alpha value is -3.03. The first-order valence-corrected chi connectivity index (χ1v) is 9.93. The highest BCUT2D eigenvalue weighted by molar-refractivity contribution is 5.92. The number of esters is 1. The lowest BCUT2D eigenvalue weighted by Gasteiger charge is -2.47. The van der Waals surface area contributed by atoms with Gasteiger partial charge in [-0.25, -0.2) is 14.4 Å². The Labute approximate surface area is 167 Å². The highest BCUT2D eigenvalue weighted by Gasteiger charge is 2.47. The molecule has 2 unspecified atom stereocenters. The molecule has 7 nitrogen and oxygen atoms in total. The molecule has 3 fully saturated rings. The number of methoxy groups -OCH3 is 1. The van der Waals surface area contributed by atoms with E-state index in [2.05, 4.69) is 20.3 Å². The molecule has 3 aromatic heterocycles. The number of halogens is 1. The number of carbonyl (C=O) groups excluding carboxylic acids is 1. The van der Waals surface area contributed by atoms with Gasteiger partial charge in [-0.15, -0.1) is 0 Å². The lowest BCUT2D eigenvalue weighted by molar-refractivity contribution is -0.152. The monoisotopic (exact) mass is 395 g/mol. The molecule has 150 valence electrons. The van der Waals surface area contributed by atoms with E-state index in [1.807, 2.05) is 0 Å². The van der Waals surface area contributed by atoms with E-state index in [0.29, 0.717) is 34.4 Å². The summed E-state index contributed by atoms with van der Waals surface area (Å²) in [6, 6.07) is 1.42. The van der Waals surface area contributed by atoms with Gasteiger partial charge in [-0.05, 0) is 43.6 Å². The minimum absolute atomic E-state index is 0.0124. The Balaban J connectivity index is 1.46. The van der Waals surface area contributed by atoms with Crippen LogP contribution in [0.3, 0.4) is 0 Å². The molecule has 0 spiro atoms. The number of aromatic amines is 1. The van der Waals surface area contributed by atoms with Gasteiger partial charge in [0.25, 0.3) is 0 Å². The molecule has 0 amide bonds. The van der Waals surface area contributed by atoms with Crippen molar-refractivity contribution in [2.24, 2.45) is 17.8 Å². The molecule has 2 atom stereocenters. The Morgan fingerprint density at radius 3 is 2.79 bits per heavy atom. The zero-order chi connectivity index (χ0) is 20.0. The summed E-state index contributed by atoms with van der Waals surface area (Å²) in [5.74, 6) is 0.653. The summed E-state index contributed by atoms with van der Waals surface area (Å²) in [5.41, 5.74) is 1.94. The van der Waals surface area contributed by atoms with Gasteiger partial charge in [0.05, 0.1) is 37.3 Å². The fraction of sp³-hybridized carbons (Fsp3) is 0.429. The van der Waals surface area contributed by atoms with Gasteiger partial charge in [0.15, 0.2) is 0 Å². The first-order chi connectivity index (χ1) is 14.1. The van der Waals surface area contributed by atoms with Crippen LogP contribution in [0.1, 0.15) is 25.7 Å². The van der Waals surface area contributed by atoms with Crippen LogP contribution in [-0.2, 0) is 9.53 Å². The predicted molar refractivity (Wildman–Crippen MR) is 105 cm³/mol. The summed E-state index contributed by atoms with van der Waals surface area (Å²) >= 11 is 0. The van der Waals surface area contributed by atoms with E-state index in [4.69, 9.17) is 9.72 Å². The number of anilines is 1. The van der Waals surface area contributed by atoms with E-state index in [0.717, 1.165) is 31.2 Å². The molecule has 3 saturated carbocycles. The van der Waals surface area contributed by atoms with Gasteiger partial charge in [-0.1, -0.05) is 0 Å². The van der Waals surface area contributed by atoms with Gasteiger partial charge < -0.3 is 15.0 Å². The van der Waals surface area contributed by atoms with Gasteiger partial charge in [0.1, 0.15) is 17.3 Å². The van der Waals surface area contributed by atoms with Gasteiger partial charge in [-0.3, -0.25) is 9.78 Å². The number of fused-ring (bicyclic) bond motifs is 4. The van der Waals surface area contributed by atoms with Gasteiger partial charge in [0.2, 0.25) is 0 Å². The molecule has 0 saturated heterocycles. The zero-order valence-corrected chi connectivity index (χ0v) is 16.1. The molecule has 3 aliphatic rings. The Morgan fingerprint density at radius 2 is 2.00 bits per heavy atom. The number of nitrogens with zero attached hydrogens (tertiary/aromatic N) is 3. The van der Waals surface area contributed by atoms with Crippen molar-refractivity contribution in [3.8, 4) is 11.3 Å². The summed E-state index contributed by atoms with van der Waals surface area (Å²) in [7, 11) is 1.45. The average Bonchev–Trinajstić information content (AvgIpc) is 3.17. The number of ether oxygens (including phenoxy) is 1. The number of hydrogen-bond donors (Lipinski definition) is 2. The quantitative estimate of drug-likeness (QED) is 0.657. The van der Waals surface area contributed by atoms with Crippen LogP contribution in [0.15, 0.2) is 30.9 Å². The first-order valence-electron chi connectivity index (χ1n) is 9.93. The van der Waals surface area contributed by atoms with Crippen molar-refractivity contribution < 1.29 is 13.9 Å². The molecule has 2 bridgehead atoms. The standard InChI is InChI=1S/C21H22FN5O2/c1-29-21(28)18-11-2-4-12(5-3-11)19(18)27-17-10-23-9-16(26-17)15-8-25-20-14(15)6-13(22)7-24-20/h6-12,18-19H,2-5H2,1H3,(H,24,25)(H,26,27). The van der Waals surface area contributed by atoms with Crippen molar-refractivity contribution in [1.82, 2.24) is 19.9 Å². The first kappa shape index (κ1) is 18.0. The zero-order valence-electron chi connectivity index (χ0n) is 16.1. The minimum Gasteiger partial charge on any atom is -0.469 e. The molecule has 3 aromatic rings. The van der Waals surface area contributed by atoms with Crippen LogP contribution >= 0.6 is 0 Å². The topological polar surface area (TPSA) is 92.8 Å². The highest BCUT2D eigenvalue weighted by atomic mass is 19.1. The van der Waals surface area contributed by atoms with Crippen molar-refractivity contribution in [1.29, 1.82) is 0 Å². The second-order valence-corrected chi connectivity index (χ2v) is 7.94. The number of hydrogen-bond acceptors (Lipinski definition) is 6. The average molecular weight is 395 g/mol. The number of aromatic nitrogens is 4. The van der Waals surface area contributed by atoms with Crippen molar-refractivity contribution in [2.75, 3.05) is 12.4 Å². The van der Waals surface area contributed by atoms with E-state index < -0.39 is 5.82 Å². The molecule has 3 aliphatic carbocycles. The summed E-state index contributed by atoms with van der Waals surface area (Å²) in [6.45, 7) is 0. The second kappa shape index (κ2) is 7.09. The Morgan fingerprint density at radius 1 is 1.21 bits per heavy atom. The normalized spacial score (nSPS) is 25.9. The lowest BCUT2D eigenvalue weighted by atomic mass is 9.61. The third-order valence-electron chi connectivity index (χ3n) is 6.42. The Bertz CT molecular complexity index is 1060. The van der Waals surface area contributed by atoms with Crippen molar-refractivity contribution in [2.45, 2.75) is 31.7 Å². The van der Waals surface area contributed by atoms with E-state index in [-0.39, 0.29) is 17.9 Å². The molecule has 0 radical (unpaired) electrons. The van der Waals surface area contributed by atoms with Crippen LogP contribution in [0.2, 0.25) is 0 Å². The fourth-order valence-electron chi connectivity index (χ4n) is 5.06. The second-order valence-electron chi connectivity index (χ2n) is 7.94. The molecule has 6 rings (SSSR count). The van der Waals surface area contributed by atoms with Gasteiger partial charge in [0, 0.05) is 23.2 Å². The lowest BCUT2D eigenvalue weighted by Crippen LogP contribution is -2.51. The van der Waals surface area contributed by atoms with Crippen LogP contribution < -0.4 is 5.32 Å². The summed E-state index contributed by atoms with van der Waals surface area (Å²) in [4.78, 5) is 28.6. The molecule has 8 heteroatoms. The summed E-state index contributed by atoms with van der Waals surface area (Å²) in [6.07, 6.45) is 10.6. The van der Waals surface area contributed by atoms with Crippen LogP contribution in [0, 0.1) is 23.6 Å². The van der Waals surface area contributed by atoms with Crippen molar-refractivity contribution in [3.05, 3.63) is 36.7 Å². The number of rotatable bonds is 4. The van der Waals surface area contributed by atoms with Crippen molar-refractivity contribution >= 4 is 22.8 Å². The van der Waals surface area contributed by atoms with E-state index >= 15 is 0 Å². The van der Waals surface area contributed by atoms with E-state index in [1.165, 1.54) is 19.4 Å². The maximum atomic E-state index is 13.7. The molecular weight excluding hydrogens is 373 g/mol. The fourth-order valence-corrected chi connectivity index (χ4v) is 5.06. The van der Waals surface area contributed by atoms with E-state index in [1.54, 1.807) is 18.6 Å². The Kier molecular flexibility index (Phi) is 4.41. The third-order valence-corrected chi connectivity index (χ3v) is 6.42. The van der Waals surface area contributed by atoms with Crippen LogP contribution in [0.4, 0.5) is 10.2 Å². The number of carbonyl (C=O) groups is 1. The van der Waals surface area contributed by atoms with Crippen LogP contribution in [0.25, 0.3) is 22.3 Å². The van der Waals surface area contributed by atoms with Crippen LogP contribution in [-0.4, -0.2) is 39.1 Å². The van der Waals surface area contributed by atoms with Crippen molar-refractivity contribution in [3.63, 3.8) is 0 Å². The minimum atomic E-state index is -0.403. The van der Waals surface area contributed by atoms with Gasteiger partial charge in [-0.2, -0.15) is 0 Å². The third kappa shape index (κ3) is 3.12. The summed E-state index contributed by atoms with van der Waals surface area (Å²) < 4.78 is 18.8. The molecule has 2 N–H and O–H groups in total. The van der Waals surface area contributed by atoms with Gasteiger partial charge >= 0.3 is 5.97 Å². The largest absolute Gasteiger partial charge is 0.469 e. The smallest absolute Gasteiger partial charge is 0.311 e. The molecule has 29 heavy (non-hydrogen) atoms. The molecule has 3 heterocycles. The number of pyridine rings is 1. The highest BCUT2D eigenvalue weighted by Crippen LogP contribution is 2.46. The van der Waals surface area contributed by atoms with Crippen LogP contribution in [0.5, 0.6) is 0 Å². The maximum Gasteiger partial charge on any atom is 0.311 e. The molecular formula is C21H22FN5O2. The SMILES string of the molecule is COC(=O)C1C2CCC(CC2)C1Nc1cncc(-c2c[nH]c3ncc(F)cc23)n1. The number of nitrogens with one attached hydrogen (secondary N) is 2. The van der Waals surface area contributed by atoms with E-state index in [9.17, 15) is 9.18 Å². The maximum absolute atomic E-state index is 13.7.